The Kier molecular flexibility index (Phi) is 6.65. The van der Waals surface area contributed by atoms with Gasteiger partial charge in [0.2, 0.25) is 5.91 Å². The molecule has 2 atom stereocenters. The summed E-state index contributed by atoms with van der Waals surface area (Å²) in [7, 11) is 1.74. The second-order valence-electron chi connectivity index (χ2n) is 9.81. The summed E-state index contributed by atoms with van der Waals surface area (Å²) < 4.78 is 0. The summed E-state index contributed by atoms with van der Waals surface area (Å²) in [5.41, 5.74) is 7.38. The molecule has 0 radical (unpaired) electrons. The number of amides is 3. The fourth-order valence-corrected chi connectivity index (χ4v) is 4.91. The molecule has 0 spiro atoms. The summed E-state index contributed by atoms with van der Waals surface area (Å²) >= 11 is 0. The van der Waals surface area contributed by atoms with Crippen LogP contribution in [-0.2, 0) is 15.1 Å². The van der Waals surface area contributed by atoms with Crippen LogP contribution in [0.5, 0.6) is 0 Å². The molecule has 8 nitrogen and oxygen atoms in total. The van der Waals surface area contributed by atoms with Crippen molar-refractivity contribution in [2.45, 2.75) is 38.8 Å². The van der Waals surface area contributed by atoms with Gasteiger partial charge in [-0.15, -0.1) is 0 Å². The molecule has 0 bridgehead atoms. The van der Waals surface area contributed by atoms with Gasteiger partial charge in [-0.3, -0.25) is 19.3 Å². The van der Waals surface area contributed by atoms with Gasteiger partial charge in [0.05, 0.1) is 6.04 Å². The summed E-state index contributed by atoms with van der Waals surface area (Å²) in [6.45, 7) is 7.07. The van der Waals surface area contributed by atoms with Crippen LogP contribution >= 0.6 is 0 Å². The van der Waals surface area contributed by atoms with E-state index < -0.39 is 11.6 Å². The maximum Gasteiger partial charge on any atom is 0.262 e. The first-order chi connectivity index (χ1) is 16.6. The van der Waals surface area contributed by atoms with Crippen LogP contribution in [0.4, 0.5) is 0 Å². The molecule has 2 aliphatic rings. The average molecular weight is 476 g/mol. The van der Waals surface area contributed by atoms with Gasteiger partial charge in [0.25, 0.3) is 11.8 Å². The van der Waals surface area contributed by atoms with Gasteiger partial charge in [-0.1, -0.05) is 56.3 Å². The molecule has 2 aromatic rings. The van der Waals surface area contributed by atoms with Crippen LogP contribution in [0.2, 0.25) is 0 Å². The Hall–Kier alpha value is -3.68. The van der Waals surface area contributed by atoms with Crippen LogP contribution in [0.15, 0.2) is 59.6 Å². The van der Waals surface area contributed by atoms with E-state index in [9.17, 15) is 14.4 Å². The number of rotatable bonds is 6. The van der Waals surface area contributed by atoms with Crippen molar-refractivity contribution in [1.29, 1.82) is 0 Å². The molecule has 1 saturated heterocycles. The molecule has 35 heavy (non-hydrogen) atoms. The smallest absolute Gasteiger partial charge is 0.262 e. The van der Waals surface area contributed by atoms with Crippen molar-refractivity contribution < 1.29 is 14.4 Å². The van der Waals surface area contributed by atoms with Gasteiger partial charge in [-0.2, -0.15) is 0 Å². The maximum absolute atomic E-state index is 13.9. The first-order valence-electron chi connectivity index (χ1n) is 12.0. The number of piperazine rings is 1. The molecule has 1 fully saturated rings. The van der Waals surface area contributed by atoms with Crippen LogP contribution in [0.25, 0.3) is 0 Å². The zero-order chi connectivity index (χ0) is 25.3. The fraction of sp³-hybridized carbons (Fsp3) is 0.407. The van der Waals surface area contributed by atoms with E-state index in [1.54, 1.807) is 39.9 Å². The molecule has 1 unspecified atom stereocenters. The van der Waals surface area contributed by atoms with Crippen LogP contribution in [-0.4, -0.2) is 65.1 Å². The first-order valence-corrected chi connectivity index (χ1v) is 12.0. The van der Waals surface area contributed by atoms with E-state index in [2.05, 4.69) is 13.8 Å². The average Bonchev–Trinajstić information content (AvgIpc) is 3.09. The number of guanidine groups is 1. The molecule has 4 rings (SSSR count). The van der Waals surface area contributed by atoms with Gasteiger partial charge < -0.3 is 15.5 Å². The van der Waals surface area contributed by atoms with Crippen molar-refractivity contribution in [3.63, 3.8) is 0 Å². The van der Waals surface area contributed by atoms with Gasteiger partial charge in [0, 0.05) is 25.7 Å². The van der Waals surface area contributed by atoms with E-state index in [-0.39, 0.29) is 36.1 Å². The van der Waals surface area contributed by atoms with E-state index in [1.165, 1.54) is 0 Å². The minimum Gasteiger partial charge on any atom is -0.369 e. The molecule has 0 saturated carbocycles. The number of carbonyl (C=O) groups excluding carboxylic acids is 3. The lowest BCUT2D eigenvalue weighted by Crippen LogP contribution is -2.50. The predicted octanol–water partition coefficient (Wildman–Crippen LogP) is 2.76. The highest BCUT2D eigenvalue weighted by molar-refractivity contribution is 6.07. The normalized spacial score (nSPS) is 21.5. The number of nitrogens with two attached hydrogens (primary N) is 1. The molecule has 2 aromatic carbocycles. The molecule has 0 aromatic heterocycles. The van der Waals surface area contributed by atoms with Crippen molar-refractivity contribution in [2.24, 2.45) is 16.6 Å². The molecule has 2 N–H and O–H groups in total. The summed E-state index contributed by atoms with van der Waals surface area (Å²) in [6, 6.07) is 16.3. The molecular formula is C27H33N5O3. The Bertz CT molecular complexity index is 1160. The van der Waals surface area contributed by atoms with Crippen molar-refractivity contribution in [2.75, 3.05) is 26.7 Å². The van der Waals surface area contributed by atoms with Gasteiger partial charge in [-0.25, -0.2) is 4.99 Å². The van der Waals surface area contributed by atoms with Gasteiger partial charge in [-0.05, 0) is 42.5 Å². The number of nitrogens with zero attached hydrogens (tertiary/aromatic N) is 4. The molecule has 184 valence electrons. The van der Waals surface area contributed by atoms with Crippen LogP contribution < -0.4 is 5.73 Å². The number of hydrogen-bond donors (Lipinski definition) is 1. The number of aliphatic imine (C=N–C) groups is 1. The van der Waals surface area contributed by atoms with Crippen molar-refractivity contribution in [3.05, 3.63) is 71.3 Å². The second kappa shape index (κ2) is 9.52. The van der Waals surface area contributed by atoms with Crippen molar-refractivity contribution in [1.82, 2.24) is 14.7 Å². The van der Waals surface area contributed by atoms with E-state index in [4.69, 9.17) is 10.7 Å². The predicted molar refractivity (Wildman–Crippen MR) is 134 cm³/mol. The molecule has 3 amide bonds. The van der Waals surface area contributed by atoms with Crippen LogP contribution in [0.3, 0.4) is 0 Å². The largest absolute Gasteiger partial charge is 0.369 e. The molecule has 2 heterocycles. The highest BCUT2D eigenvalue weighted by Gasteiger charge is 2.50. The monoisotopic (exact) mass is 475 g/mol. The Balaban J connectivity index is 1.62. The minimum atomic E-state index is -1.07. The van der Waals surface area contributed by atoms with Gasteiger partial charge >= 0.3 is 0 Å². The second-order valence-corrected chi connectivity index (χ2v) is 9.81. The quantitative estimate of drug-likeness (QED) is 0.694. The van der Waals surface area contributed by atoms with E-state index >= 15 is 0 Å². The summed E-state index contributed by atoms with van der Waals surface area (Å²) in [5.74, 6) is -0.0492. The SMILES string of the molecule is CC(C)CC1(c2ccccc2)N=C(N)N([C@H](C)c2cccc(C(=O)N3CCN(C)C(=O)C3)c2)C1=O. The Morgan fingerprint density at radius 3 is 2.43 bits per heavy atom. The molecule has 8 heteroatoms. The van der Waals surface area contributed by atoms with Gasteiger partial charge in [0.15, 0.2) is 11.5 Å². The van der Waals surface area contributed by atoms with E-state index in [0.29, 0.717) is 25.1 Å². The zero-order valence-electron chi connectivity index (χ0n) is 20.8. The highest BCUT2D eigenvalue weighted by Crippen LogP contribution is 2.41. The number of likely N-dealkylation sites (N-methyl/N-ethyl adjacent to an activating group) is 1. The van der Waals surface area contributed by atoms with Crippen molar-refractivity contribution >= 4 is 23.7 Å². The van der Waals surface area contributed by atoms with E-state index in [1.807, 2.05) is 43.3 Å². The number of hydrogen-bond acceptors (Lipinski definition) is 5. The summed E-state index contributed by atoms with van der Waals surface area (Å²) in [4.78, 5) is 48.6. The van der Waals surface area contributed by atoms with Crippen LogP contribution in [0.1, 0.15) is 54.7 Å². The number of benzene rings is 2. The Morgan fingerprint density at radius 1 is 1.06 bits per heavy atom. The van der Waals surface area contributed by atoms with Crippen molar-refractivity contribution in [3.8, 4) is 0 Å². The van der Waals surface area contributed by atoms with Gasteiger partial charge in [0.1, 0.15) is 6.54 Å². The van der Waals surface area contributed by atoms with Crippen LogP contribution in [0, 0.1) is 5.92 Å². The Labute approximate surface area is 206 Å². The lowest BCUT2D eigenvalue weighted by molar-refractivity contribution is -0.134. The third-order valence-corrected chi connectivity index (χ3v) is 6.83. The standard InChI is InChI=1S/C27H33N5O3/c1-18(2)16-27(22-11-6-5-7-12-22)25(35)32(26(28)29-27)19(3)20-9-8-10-21(15-20)24(34)31-14-13-30(4)23(33)17-31/h5-12,15,18-19H,13-14,16-17H2,1-4H3,(H2,28,29)/t19-,27?/m1/s1. The minimum absolute atomic E-state index is 0.0636. The molecular weight excluding hydrogens is 442 g/mol. The van der Waals surface area contributed by atoms with E-state index in [0.717, 1.165) is 11.1 Å². The molecule has 2 aliphatic heterocycles. The highest BCUT2D eigenvalue weighted by atomic mass is 16.2. The zero-order valence-corrected chi connectivity index (χ0v) is 20.8. The third-order valence-electron chi connectivity index (χ3n) is 6.83. The first kappa shape index (κ1) is 24.4. The fourth-order valence-electron chi connectivity index (χ4n) is 4.91. The summed E-state index contributed by atoms with van der Waals surface area (Å²) in [6.07, 6.45) is 0.537. The molecule has 0 aliphatic carbocycles. The third kappa shape index (κ3) is 4.52. The maximum atomic E-state index is 13.9. The Morgan fingerprint density at radius 2 is 1.77 bits per heavy atom. The number of carbonyl (C=O) groups is 3. The summed E-state index contributed by atoms with van der Waals surface area (Å²) in [5, 5.41) is 0. The lowest BCUT2D eigenvalue weighted by Gasteiger charge is -2.32. The topological polar surface area (TPSA) is 99.3 Å². The lowest BCUT2D eigenvalue weighted by atomic mass is 9.82.